The topological polar surface area (TPSA) is 60.7 Å². The Morgan fingerprint density at radius 1 is 0.793 bits per heavy atom. The highest BCUT2D eigenvalue weighted by atomic mass is 16.5. The lowest BCUT2D eigenvalue weighted by molar-refractivity contribution is 0.415. The highest BCUT2D eigenvalue weighted by molar-refractivity contribution is 5.86. The fourth-order valence-electron chi connectivity index (χ4n) is 3.32. The van der Waals surface area contributed by atoms with Gasteiger partial charge in [-0.3, -0.25) is 4.79 Å². The standard InChI is InChI=1S/C24H21NO4/c1-15-23(16-4-9-19(27-2)10-5-16)24(26)21-13-8-18(14-22(21)29-15)25-17-6-11-20(28-3)12-7-17/h4-14,25H,1-3H3. The molecule has 0 aliphatic carbocycles. The molecular weight excluding hydrogens is 366 g/mol. The Balaban J connectivity index is 1.71. The van der Waals surface area contributed by atoms with Crippen molar-refractivity contribution in [3.8, 4) is 22.6 Å². The third-order valence-electron chi connectivity index (χ3n) is 4.83. The molecule has 0 saturated carbocycles. The van der Waals surface area contributed by atoms with E-state index in [0.717, 1.165) is 28.4 Å². The van der Waals surface area contributed by atoms with Crippen molar-refractivity contribution in [1.29, 1.82) is 0 Å². The molecule has 0 amide bonds. The van der Waals surface area contributed by atoms with Crippen LogP contribution in [-0.2, 0) is 0 Å². The lowest BCUT2D eigenvalue weighted by Crippen LogP contribution is -2.07. The summed E-state index contributed by atoms with van der Waals surface area (Å²) in [7, 11) is 3.25. The summed E-state index contributed by atoms with van der Waals surface area (Å²) in [5.74, 6) is 2.11. The quantitative estimate of drug-likeness (QED) is 0.488. The summed E-state index contributed by atoms with van der Waals surface area (Å²) in [5.41, 5.74) is 3.62. The monoisotopic (exact) mass is 387 g/mol. The molecule has 0 spiro atoms. The van der Waals surface area contributed by atoms with Crippen molar-refractivity contribution in [2.45, 2.75) is 6.92 Å². The summed E-state index contributed by atoms with van der Waals surface area (Å²) >= 11 is 0. The number of hydrogen-bond acceptors (Lipinski definition) is 5. The molecule has 0 bridgehead atoms. The van der Waals surface area contributed by atoms with Gasteiger partial charge in [-0.25, -0.2) is 0 Å². The van der Waals surface area contributed by atoms with Crippen molar-refractivity contribution >= 4 is 22.3 Å². The molecule has 5 heteroatoms. The normalized spacial score (nSPS) is 10.7. The van der Waals surface area contributed by atoms with Gasteiger partial charge in [0.2, 0.25) is 5.43 Å². The zero-order valence-electron chi connectivity index (χ0n) is 16.5. The van der Waals surface area contributed by atoms with Gasteiger partial charge in [0.15, 0.2) is 0 Å². The molecule has 1 N–H and O–H groups in total. The maximum Gasteiger partial charge on any atom is 0.200 e. The number of aryl methyl sites for hydroxylation is 1. The smallest absolute Gasteiger partial charge is 0.200 e. The van der Waals surface area contributed by atoms with Crippen LogP contribution in [-0.4, -0.2) is 14.2 Å². The van der Waals surface area contributed by atoms with Crippen molar-refractivity contribution < 1.29 is 13.9 Å². The number of anilines is 2. The first-order valence-electron chi connectivity index (χ1n) is 9.22. The molecule has 3 aromatic carbocycles. The van der Waals surface area contributed by atoms with Crippen molar-refractivity contribution in [1.82, 2.24) is 0 Å². The lowest BCUT2D eigenvalue weighted by Gasteiger charge is -2.10. The SMILES string of the molecule is COc1ccc(Nc2ccc3c(=O)c(-c4ccc(OC)cc4)c(C)oc3c2)cc1. The molecule has 0 unspecified atom stereocenters. The average molecular weight is 387 g/mol. The largest absolute Gasteiger partial charge is 0.497 e. The molecular formula is C24H21NO4. The van der Waals surface area contributed by atoms with E-state index in [1.54, 1.807) is 20.3 Å². The summed E-state index contributed by atoms with van der Waals surface area (Å²) in [6.07, 6.45) is 0. The van der Waals surface area contributed by atoms with Gasteiger partial charge in [-0.15, -0.1) is 0 Å². The first-order chi connectivity index (χ1) is 14.1. The number of methoxy groups -OCH3 is 2. The van der Waals surface area contributed by atoms with Gasteiger partial charge < -0.3 is 19.2 Å². The second-order valence-corrected chi connectivity index (χ2v) is 6.66. The van der Waals surface area contributed by atoms with E-state index >= 15 is 0 Å². The Morgan fingerprint density at radius 2 is 1.38 bits per heavy atom. The summed E-state index contributed by atoms with van der Waals surface area (Å²) in [4.78, 5) is 13.1. The zero-order chi connectivity index (χ0) is 20.4. The maximum atomic E-state index is 13.1. The van der Waals surface area contributed by atoms with Gasteiger partial charge >= 0.3 is 0 Å². The van der Waals surface area contributed by atoms with Gasteiger partial charge in [-0.2, -0.15) is 0 Å². The number of hydrogen-bond donors (Lipinski definition) is 1. The van der Waals surface area contributed by atoms with Gasteiger partial charge in [0, 0.05) is 17.4 Å². The van der Waals surface area contributed by atoms with Gasteiger partial charge in [0.05, 0.1) is 25.2 Å². The highest BCUT2D eigenvalue weighted by Crippen LogP contribution is 2.28. The number of ether oxygens (including phenoxy) is 2. The van der Waals surface area contributed by atoms with E-state index in [2.05, 4.69) is 5.32 Å². The third kappa shape index (κ3) is 3.67. The summed E-state index contributed by atoms with van der Waals surface area (Å²) < 4.78 is 16.4. The molecule has 4 aromatic rings. The van der Waals surface area contributed by atoms with Gasteiger partial charge in [-0.05, 0) is 61.0 Å². The fourth-order valence-corrected chi connectivity index (χ4v) is 3.32. The molecule has 0 atom stereocenters. The Kier molecular flexibility index (Phi) is 4.96. The first-order valence-corrected chi connectivity index (χ1v) is 9.22. The minimum absolute atomic E-state index is 0.0510. The van der Waals surface area contributed by atoms with Crippen LogP contribution in [0.2, 0.25) is 0 Å². The molecule has 0 aliphatic heterocycles. The molecule has 1 aromatic heterocycles. The molecule has 0 saturated heterocycles. The molecule has 0 fully saturated rings. The second kappa shape index (κ2) is 7.72. The van der Waals surface area contributed by atoms with Gasteiger partial charge in [0.1, 0.15) is 22.8 Å². The Labute approximate surface area is 168 Å². The average Bonchev–Trinajstić information content (AvgIpc) is 2.74. The van der Waals surface area contributed by atoms with Crippen LogP contribution in [0.5, 0.6) is 11.5 Å². The van der Waals surface area contributed by atoms with Crippen molar-refractivity contribution in [2.75, 3.05) is 19.5 Å². The number of nitrogens with one attached hydrogen (secondary N) is 1. The molecule has 29 heavy (non-hydrogen) atoms. The molecule has 0 radical (unpaired) electrons. The van der Waals surface area contributed by atoms with Gasteiger partial charge in [0.25, 0.3) is 0 Å². The predicted molar refractivity (Wildman–Crippen MR) is 115 cm³/mol. The molecule has 5 nitrogen and oxygen atoms in total. The van der Waals surface area contributed by atoms with E-state index in [9.17, 15) is 4.79 Å². The molecule has 0 aliphatic rings. The van der Waals surface area contributed by atoms with E-state index in [4.69, 9.17) is 13.9 Å². The van der Waals surface area contributed by atoms with Crippen LogP contribution in [0.25, 0.3) is 22.1 Å². The minimum atomic E-state index is -0.0510. The zero-order valence-corrected chi connectivity index (χ0v) is 16.5. The van der Waals surface area contributed by atoms with Crippen LogP contribution in [0.3, 0.4) is 0 Å². The van der Waals surface area contributed by atoms with E-state index < -0.39 is 0 Å². The first kappa shape index (κ1) is 18.6. The van der Waals surface area contributed by atoms with Crippen molar-refractivity contribution in [2.24, 2.45) is 0 Å². The number of benzene rings is 3. The van der Waals surface area contributed by atoms with Crippen LogP contribution in [0.15, 0.2) is 75.9 Å². The Bertz CT molecular complexity index is 1210. The minimum Gasteiger partial charge on any atom is -0.497 e. The Morgan fingerprint density at radius 3 is 2.00 bits per heavy atom. The summed E-state index contributed by atoms with van der Waals surface area (Å²) in [6, 6.07) is 20.5. The number of fused-ring (bicyclic) bond motifs is 1. The van der Waals surface area contributed by atoms with Gasteiger partial charge in [-0.1, -0.05) is 12.1 Å². The maximum absolute atomic E-state index is 13.1. The molecule has 4 rings (SSSR count). The van der Waals surface area contributed by atoms with Crippen LogP contribution < -0.4 is 20.2 Å². The van der Waals surface area contributed by atoms with Crippen LogP contribution in [0, 0.1) is 6.92 Å². The van der Waals surface area contributed by atoms with E-state index in [1.807, 2.05) is 67.6 Å². The Hall–Kier alpha value is -3.73. The van der Waals surface area contributed by atoms with E-state index in [0.29, 0.717) is 22.3 Å². The van der Waals surface area contributed by atoms with Crippen molar-refractivity contribution in [3.63, 3.8) is 0 Å². The van der Waals surface area contributed by atoms with Crippen LogP contribution in [0.1, 0.15) is 5.76 Å². The third-order valence-corrected chi connectivity index (χ3v) is 4.83. The van der Waals surface area contributed by atoms with E-state index in [-0.39, 0.29) is 5.43 Å². The summed E-state index contributed by atoms with van der Waals surface area (Å²) in [6.45, 7) is 1.81. The number of rotatable bonds is 5. The predicted octanol–water partition coefficient (Wildman–Crippen LogP) is 5.53. The van der Waals surface area contributed by atoms with Crippen molar-refractivity contribution in [3.05, 3.63) is 82.7 Å². The fraction of sp³-hybridized carbons (Fsp3) is 0.125. The highest BCUT2D eigenvalue weighted by Gasteiger charge is 2.14. The summed E-state index contributed by atoms with van der Waals surface area (Å²) in [5, 5.41) is 3.86. The molecule has 1 heterocycles. The van der Waals surface area contributed by atoms with Crippen LogP contribution in [0.4, 0.5) is 11.4 Å². The van der Waals surface area contributed by atoms with E-state index in [1.165, 1.54) is 0 Å². The second-order valence-electron chi connectivity index (χ2n) is 6.66. The lowest BCUT2D eigenvalue weighted by atomic mass is 10.0. The molecule has 146 valence electrons. The van der Waals surface area contributed by atoms with Crippen LogP contribution >= 0.6 is 0 Å².